The molecule has 110 valence electrons. The first-order valence-corrected chi connectivity index (χ1v) is 6.53. The third-order valence-electron chi connectivity index (χ3n) is 2.91. The van der Waals surface area contributed by atoms with E-state index in [0.29, 0.717) is 12.2 Å². The number of nitrogens with two attached hydrogens (primary N) is 2. The molecule has 1 rings (SSSR count). The number of anilines is 1. The molecule has 0 bridgehead atoms. The van der Waals surface area contributed by atoms with Crippen molar-refractivity contribution in [2.45, 2.75) is 26.4 Å². The number of benzene rings is 1. The van der Waals surface area contributed by atoms with E-state index in [1.165, 1.54) is 0 Å². The van der Waals surface area contributed by atoms with Crippen LogP contribution in [0.15, 0.2) is 24.3 Å². The van der Waals surface area contributed by atoms with Gasteiger partial charge in [0.2, 0.25) is 11.8 Å². The van der Waals surface area contributed by atoms with E-state index in [4.69, 9.17) is 11.5 Å². The molecule has 0 aliphatic rings. The highest BCUT2D eigenvalue weighted by molar-refractivity contribution is 5.92. The van der Waals surface area contributed by atoms with Gasteiger partial charge in [0.25, 0.3) is 0 Å². The number of primary amides is 1. The van der Waals surface area contributed by atoms with Gasteiger partial charge in [-0.05, 0) is 31.5 Å². The van der Waals surface area contributed by atoms with Gasteiger partial charge in [-0.15, -0.1) is 0 Å². The fourth-order valence-electron chi connectivity index (χ4n) is 1.73. The summed E-state index contributed by atoms with van der Waals surface area (Å²) in [5.74, 6) is -0.626. The fraction of sp³-hybridized carbons (Fsp3) is 0.429. The highest BCUT2D eigenvalue weighted by atomic mass is 16.2. The Balaban J connectivity index is 2.58. The normalized spacial score (nSPS) is 10.8. The van der Waals surface area contributed by atoms with E-state index in [9.17, 15) is 9.59 Å². The Kier molecular flexibility index (Phi) is 6.14. The van der Waals surface area contributed by atoms with Crippen LogP contribution in [0.1, 0.15) is 19.4 Å². The monoisotopic (exact) mass is 278 g/mol. The van der Waals surface area contributed by atoms with Crippen molar-refractivity contribution in [3.8, 4) is 0 Å². The number of amides is 2. The quantitative estimate of drug-likeness (QED) is 0.666. The SMILES string of the molecule is CC(C)N(CC(N)=O)CC(=O)Nc1ccc(CN)cc1. The van der Waals surface area contributed by atoms with E-state index in [2.05, 4.69) is 5.32 Å². The van der Waals surface area contributed by atoms with Crippen LogP contribution in [0.5, 0.6) is 0 Å². The minimum absolute atomic E-state index is 0.0628. The molecular formula is C14H22N4O2. The predicted octanol–water partition coefficient (Wildman–Crippen LogP) is 0.280. The van der Waals surface area contributed by atoms with Gasteiger partial charge in [-0.1, -0.05) is 12.1 Å². The number of hydrogen-bond donors (Lipinski definition) is 3. The predicted molar refractivity (Wildman–Crippen MR) is 78.9 cm³/mol. The van der Waals surface area contributed by atoms with Crippen molar-refractivity contribution in [2.24, 2.45) is 11.5 Å². The second-order valence-electron chi connectivity index (χ2n) is 4.91. The summed E-state index contributed by atoms with van der Waals surface area (Å²) in [6, 6.07) is 7.38. The summed E-state index contributed by atoms with van der Waals surface area (Å²) in [5.41, 5.74) is 12.4. The average molecular weight is 278 g/mol. The average Bonchev–Trinajstić information content (AvgIpc) is 2.38. The van der Waals surface area contributed by atoms with Crippen LogP contribution in [0.3, 0.4) is 0 Å². The van der Waals surface area contributed by atoms with E-state index >= 15 is 0 Å². The van der Waals surface area contributed by atoms with Crippen LogP contribution in [0.2, 0.25) is 0 Å². The number of rotatable bonds is 7. The molecule has 0 saturated carbocycles. The molecule has 1 aromatic rings. The number of nitrogens with zero attached hydrogens (tertiary/aromatic N) is 1. The molecule has 0 aliphatic carbocycles. The first kappa shape index (κ1) is 16.1. The molecule has 0 spiro atoms. The topological polar surface area (TPSA) is 101 Å². The number of hydrogen-bond acceptors (Lipinski definition) is 4. The van der Waals surface area contributed by atoms with Gasteiger partial charge < -0.3 is 16.8 Å². The lowest BCUT2D eigenvalue weighted by Crippen LogP contribution is -2.43. The highest BCUT2D eigenvalue weighted by Gasteiger charge is 2.16. The molecule has 6 nitrogen and oxygen atoms in total. The molecule has 5 N–H and O–H groups in total. The molecule has 0 radical (unpaired) electrons. The summed E-state index contributed by atoms with van der Waals surface area (Å²) >= 11 is 0. The highest BCUT2D eigenvalue weighted by Crippen LogP contribution is 2.09. The summed E-state index contributed by atoms with van der Waals surface area (Å²) in [6.45, 7) is 4.48. The van der Waals surface area contributed by atoms with E-state index in [-0.39, 0.29) is 25.0 Å². The molecule has 1 aromatic carbocycles. The van der Waals surface area contributed by atoms with Gasteiger partial charge in [-0.3, -0.25) is 14.5 Å². The van der Waals surface area contributed by atoms with Crippen molar-refractivity contribution in [1.82, 2.24) is 4.90 Å². The minimum atomic E-state index is -0.446. The number of carbonyl (C=O) groups is 2. The van der Waals surface area contributed by atoms with Crippen LogP contribution in [0, 0.1) is 0 Å². The Morgan fingerprint density at radius 2 is 1.80 bits per heavy atom. The van der Waals surface area contributed by atoms with Crippen LogP contribution in [0.4, 0.5) is 5.69 Å². The van der Waals surface area contributed by atoms with Gasteiger partial charge in [0.1, 0.15) is 0 Å². The van der Waals surface area contributed by atoms with Crippen molar-refractivity contribution >= 4 is 17.5 Å². The first-order chi connectivity index (χ1) is 9.42. The lowest BCUT2D eigenvalue weighted by Gasteiger charge is -2.24. The summed E-state index contributed by atoms with van der Waals surface area (Å²) in [4.78, 5) is 24.6. The van der Waals surface area contributed by atoms with Crippen molar-refractivity contribution < 1.29 is 9.59 Å². The van der Waals surface area contributed by atoms with Crippen LogP contribution < -0.4 is 16.8 Å². The van der Waals surface area contributed by atoms with E-state index in [0.717, 1.165) is 5.56 Å². The Bertz CT molecular complexity index is 457. The molecule has 0 atom stereocenters. The zero-order chi connectivity index (χ0) is 15.1. The molecule has 0 aliphatic heterocycles. The fourth-order valence-corrected chi connectivity index (χ4v) is 1.73. The van der Waals surface area contributed by atoms with Gasteiger partial charge in [0, 0.05) is 18.3 Å². The molecule has 0 heterocycles. The maximum atomic E-state index is 11.9. The molecule has 0 aromatic heterocycles. The second-order valence-corrected chi connectivity index (χ2v) is 4.91. The largest absolute Gasteiger partial charge is 0.369 e. The molecule has 20 heavy (non-hydrogen) atoms. The van der Waals surface area contributed by atoms with Crippen molar-refractivity contribution in [3.63, 3.8) is 0 Å². The minimum Gasteiger partial charge on any atom is -0.369 e. The molecular weight excluding hydrogens is 256 g/mol. The number of carbonyl (C=O) groups excluding carboxylic acids is 2. The Labute approximate surface area is 119 Å². The Hall–Kier alpha value is -1.92. The molecule has 0 fully saturated rings. The second kappa shape index (κ2) is 7.62. The van der Waals surface area contributed by atoms with Gasteiger partial charge >= 0.3 is 0 Å². The molecule has 6 heteroatoms. The summed E-state index contributed by atoms with van der Waals surface area (Å²) in [7, 11) is 0. The zero-order valence-corrected chi connectivity index (χ0v) is 11.9. The maximum absolute atomic E-state index is 11.9. The van der Waals surface area contributed by atoms with Crippen LogP contribution in [-0.4, -0.2) is 35.8 Å². The zero-order valence-electron chi connectivity index (χ0n) is 11.9. The van der Waals surface area contributed by atoms with Crippen molar-refractivity contribution in [3.05, 3.63) is 29.8 Å². The summed E-state index contributed by atoms with van der Waals surface area (Å²) < 4.78 is 0. The molecule has 0 saturated heterocycles. The van der Waals surface area contributed by atoms with Crippen LogP contribution in [-0.2, 0) is 16.1 Å². The smallest absolute Gasteiger partial charge is 0.238 e. The third kappa shape index (κ3) is 5.38. The Morgan fingerprint density at radius 1 is 1.20 bits per heavy atom. The van der Waals surface area contributed by atoms with E-state index in [1.54, 1.807) is 17.0 Å². The molecule has 0 unspecified atom stereocenters. The van der Waals surface area contributed by atoms with Gasteiger partial charge in [-0.25, -0.2) is 0 Å². The summed E-state index contributed by atoms with van der Waals surface area (Å²) in [6.07, 6.45) is 0. The Morgan fingerprint density at radius 3 is 2.25 bits per heavy atom. The molecule has 2 amide bonds. The van der Waals surface area contributed by atoms with E-state index < -0.39 is 5.91 Å². The maximum Gasteiger partial charge on any atom is 0.238 e. The summed E-state index contributed by atoms with van der Waals surface area (Å²) in [5, 5.41) is 2.78. The van der Waals surface area contributed by atoms with Gasteiger partial charge in [-0.2, -0.15) is 0 Å². The van der Waals surface area contributed by atoms with Crippen LogP contribution in [0.25, 0.3) is 0 Å². The third-order valence-corrected chi connectivity index (χ3v) is 2.91. The van der Waals surface area contributed by atoms with E-state index in [1.807, 2.05) is 26.0 Å². The van der Waals surface area contributed by atoms with Crippen LogP contribution >= 0.6 is 0 Å². The standard InChI is InChI=1S/C14H22N4O2/c1-10(2)18(8-13(16)19)9-14(20)17-12-5-3-11(7-15)4-6-12/h3-6,10H,7-9,15H2,1-2H3,(H2,16,19)(H,17,20). The first-order valence-electron chi connectivity index (χ1n) is 6.53. The van der Waals surface area contributed by atoms with Crippen molar-refractivity contribution in [1.29, 1.82) is 0 Å². The van der Waals surface area contributed by atoms with Gasteiger partial charge in [0.05, 0.1) is 13.1 Å². The lowest BCUT2D eigenvalue weighted by atomic mass is 10.2. The number of nitrogens with one attached hydrogen (secondary N) is 1. The van der Waals surface area contributed by atoms with Gasteiger partial charge in [0.15, 0.2) is 0 Å². The lowest BCUT2D eigenvalue weighted by molar-refractivity contribution is -0.121. The van der Waals surface area contributed by atoms with Crippen molar-refractivity contribution in [2.75, 3.05) is 18.4 Å².